The standard InChI is InChI=1S/C16H16N2/c1-2-17-15-8-6-13(7-9-15)14-11-16-5-3-4-10-18(16)12-14/h3-12,17H,2H2,1H3. The number of fused-ring (bicyclic) bond motifs is 1. The number of rotatable bonds is 3. The highest BCUT2D eigenvalue weighted by Crippen LogP contribution is 2.24. The van der Waals surface area contributed by atoms with Crippen molar-refractivity contribution in [3.63, 3.8) is 0 Å². The van der Waals surface area contributed by atoms with Gasteiger partial charge in [0.2, 0.25) is 0 Å². The van der Waals surface area contributed by atoms with Crippen LogP contribution in [0.25, 0.3) is 16.6 Å². The van der Waals surface area contributed by atoms with E-state index in [1.165, 1.54) is 22.3 Å². The minimum atomic E-state index is 0.954. The van der Waals surface area contributed by atoms with Gasteiger partial charge in [-0.2, -0.15) is 0 Å². The first-order chi connectivity index (χ1) is 8.86. The number of benzene rings is 1. The molecule has 0 saturated carbocycles. The Hall–Kier alpha value is -2.22. The van der Waals surface area contributed by atoms with Crippen LogP contribution < -0.4 is 5.32 Å². The average Bonchev–Trinajstić information content (AvgIpc) is 2.84. The lowest BCUT2D eigenvalue weighted by atomic mass is 10.1. The van der Waals surface area contributed by atoms with Crippen molar-refractivity contribution in [3.05, 3.63) is 60.9 Å². The summed E-state index contributed by atoms with van der Waals surface area (Å²) in [7, 11) is 0. The number of pyridine rings is 1. The highest BCUT2D eigenvalue weighted by atomic mass is 14.9. The minimum Gasteiger partial charge on any atom is -0.385 e. The monoisotopic (exact) mass is 236 g/mol. The molecule has 0 saturated heterocycles. The summed E-state index contributed by atoms with van der Waals surface area (Å²) < 4.78 is 2.15. The van der Waals surface area contributed by atoms with Gasteiger partial charge >= 0.3 is 0 Å². The van der Waals surface area contributed by atoms with Crippen LogP contribution in [0.2, 0.25) is 0 Å². The zero-order valence-electron chi connectivity index (χ0n) is 10.4. The van der Waals surface area contributed by atoms with E-state index >= 15 is 0 Å². The molecule has 1 N–H and O–H groups in total. The highest BCUT2D eigenvalue weighted by Gasteiger charge is 2.01. The van der Waals surface area contributed by atoms with Gasteiger partial charge in [0.25, 0.3) is 0 Å². The van der Waals surface area contributed by atoms with Crippen molar-refractivity contribution in [2.24, 2.45) is 0 Å². The van der Waals surface area contributed by atoms with Crippen molar-refractivity contribution < 1.29 is 0 Å². The van der Waals surface area contributed by atoms with Gasteiger partial charge in [0.1, 0.15) is 0 Å². The van der Waals surface area contributed by atoms with Gasteiger partial charge in [-0.3, -0.25) is 0 Å². The van der Waals surface area contributed by atoms with Crippen molar-refractivity contribution in [2.75, 3.05) is 11.9 Å². The van der Waals surface area contributed by atoms with Gasteiger partial charge in [0.05, 0.1) is 0 Å². The van der Waals surface area contributed by atoms with E-state index in [1.54, 1.807) is 0 Å². The van der Waals surface area contributed by atoms with Crippen LogP contribution in [0, 0.1) is 0 Å². The van der Waals surface area contributed by atoms with Crippen LogP contribution in [0.1, 0.15) is 6.92 Å². The molecule has 0 amide bonds. The summed E-state index contributed by atoms with van der Waals surface area (Å²) in [5.41, 5.74) is 4.90. The van der Waals surface area contributed by atoms with Crippen LogP contribution in [0.3, 0.4) is 0 Å². The number of anilines is 1. The molecule has 3 aromatic rings. The smallest absolute Gasteiger partial charge is 0.0456 e. The number of nitrogens with zero attached hydrogens (tertiary/aromatic N) is 1. The van der Waals surface area contributed by atoms with E-state index in [2.05, 4.69) is 71.5 Å². The van der Waals surface area contributed by atoms with Gasteiger partial charge in [0.15, 0.2) is 0 Å². The van der Waals surface area contributed by atoms with Crippen LogP contribution in [0.4, 0.5) is 5.69 Å². The molecule has 3 rings (SSSR count). The Morgan fingerprint density at radius 2 is 1.83 bits per heavy atom. The van der Waals surface area contributed by atoms with Gasteiger partial charge < -0.3 is 9.72 Å². The van der Waals surface area contributed by atoms with Gasteiger partial charge in [-0.15, -0.1) is 0 Å². The van der Waals surface area contributed by atoms with E-state index < -0.39 is 0 Å². The molecule has 0 atom stereocenters. The van der Waals surface area contributed by atoms with Crippen LogP contribution >= 0.6 is 0 Å². The second-order valence-corrected chi connectivity index (χ2v) is 4.37. The Balaban J connectivity index is 1.98. The number of aromatic nitrogens is 1. The first kappa shape index (κ1) is 10.9. The summed E-state index contributed by atoms with van der Waals surface area (Å²) in [5.74, 6) is 0. The van der Waals surface area contributed by atoms with E-state index in [1.807, 2.05) is 6.07 Å². The molecular weight excluding hydrogens is 220 g/mol. The summed E-state index contributed by atoms with van der Waals surface area (Å²) in [6, 6.07) is 17.0. The maximum absolute atomic E-state index is 3.31. The molecule has 0 unspecified atom stereocenters. The second-order valence-electron chi connectivity index (χ2n) is 4.37. The molecule has 2 heteroatoms. The van der Waals surface area contributed by atoms with E-state index in [4.69, 9.17) is 0 Å². The molecule has 0 bridgehead atoms. The van der Waals surface area contributed by atoms with Crippen molar-refractivity contribution in [2.45, 2.75) is 6.92 Å². The molecule has 0 aliphatic rings. The molecule has 0 radical (unpaired) electrons. The lowest BCUT2D eigenvalue weighted by Gasteiger charge is -2.03. The Morgan fingerprint density at radius 1 is 1.00 bits per heavy atom. The third kappa shape index (κ3) is 1.97. The van der Waals surface area contributed by atoms with Gasteiger partial charge in [-0.1, -0.05) is 18.2 Å². The highest BCUT2D eigenvalue weighted by molar-refractivity contribution is 5.71. The first-order valence-electron chi connectivity index (χ1n) is 6.28. The fraction of sp³-hybridized carbons (Fsp3) is 0.125. The fourth-order valence-electron chi connectivity index (χ4n) is 2.20. The summed E-state index contributed by atoms with van der Waals surface area (Å²) in [4.78, 5) is 0. The molecule has 2 aromatic heterocycles. The maximum Gasteiger partial charge on any atom is 0.0456 e. The van der Waals surface area contributed by atoms with E-state index in [0.29, 0.717) is 0 Å². The number of nitrogens with one attached hydrogen (secondary N) is 1. The average molecular weight is 236 g/mol. The van der Waals surface area contributed by atoms with Crippen LogP contribution in [0.15, 0.2) is 60.9 Å². The van der Waals surface area contributed by atoms with Crippen molar-refractivity contribution >= 4 is 11.2 Å². The van der Waals surface area contributed by atoms with Gasteiger partial charge in [-0.25, -0.2) is 0 Å². The molecule has 0 aliphatic carbocycles. The van der Waals surface area contributed by atoms with E-state index in [0.717, 1.165) is 6.54 Å². The minimum absolute atomic E-state index is 0.954. The molecule has 18 heavy (non-hydrogen) atoms. The summed E-state index contributed by atoms with van der Waals surface area (Å²) in [6.45, 7) is 3.06. The maximum atomic E-state index is 3.31. The summed E-state index contributed by atoms with van der Waals surface area (Å²) >= 11 is 0. The Morgan fingerprint density at radius 3 is 2.56 bits per heavy atom. The molecule has 2 nitrogen and oxygen atoms in total. The Kier molecular flexibility index (Phi) is 2.77. The van der Waals surface area contributed by atoms with E-state index in [9.17, 15) is 0 Å². The molecule has 2 heterocycles. The lowest BCUT2D eigenvalue weighted by Crippen LogP contribution is -1.95. The van der Waals surface area contributed by atoms with Crippen LogP contribution in [0.5, 0.6) is 0 Å². The SMILES string of the molecule is CCNc1ccc(-c2cc3ccccn3c2)cc1. The van der Waals surface area contributed by atoms with Crippen molar-refractivity contribution in [3.8, 4) is 11.1 Å². The quantitative estimate of drug-likeness (QED) is 0.726. The zero-order valence-corrected chi connectivity index (χ0v) is 10.4. The van der Waals surface area contributed by atoms with E-state index in [-0.39, 0.29) is 0 Å². The Bertz CT molecular complexity index is 617. The summed E-state index contributed by atoms with van der Waals surface area (Å²) in [5, 5.41) is 3.31. The normalized spacial score (nSPS) is 10.7. The molecular formula is C16H16N2. The third-order valence-electron chi connectivity index (χ3n) is 3.10. The lowest BCUT2D eigenvalue weighted by molar-refractivity contribution is 1.20. The van der Waals surface area contributed by atoms with Crippen LogP contribution in [-0.2, 0) is 0 Å². The van der Waals surface area contributed by atoms with Gasteiger partial charge in [0, 0.05) is 35.7 Å². The Labute approximate surface area is 107 Å². The predicted molar refractivity (Wildman–Crippen MR) is 77.0 cm³/mol. The second kappa shape index (κ2) is 4.57. The van der Waals surface area contributed by atoms with Crippen LogP contribution in [-0.4, -0.2) is 10.9 Å². The number of hydrogen-bond acceptors (Lipinski definition) is 1. The topological polar surface area (TPSA) is 16.4 Å². The van der Waals surface area contributed by atoms with Crippen molar-refractivity contribution in [1.82, 2.24) is 4.40 Å². The molecule has 0 spiro atoms. The fourth-order valence-corrected chi connectivity index (χ4v) is 2.20. The molecule has 0 aliphatic heterocycles. The molecule has 0 fully saturated rings. The molecule has 90 valence electrons. The number of hydrogen-bond donors (Lipinski definition) is 1. The van der Waals surface area contributed by atoms with Gasteiger partial charge in [-0.05, 0) is 42.8 Å². The predicted octanol–water partition coefficient (Wildman–Crippen LogP) is 4.04. The third-order valence-corrected chi connectivity index (χ3v) is 3.10. The van der Waals surface area contributed by atoms with Crippen molar-refractivity contribution in [1.29, 1.82) is 0 Å². The molecule has 1 aromatic carbocycles. The zero-order chi connectivity index (χ0) is 12.4. The summed E-state index contributed by atoms with van der Waals surface area (Å²) in [6.07, 6.45) is 4.24. The largest absolute Gasteiger partial charge is 0.385 e. The first-order valence-corrected chi connectivity index (χ1v) is 6.28.